The van der Waals surface area contributed by atoms with Crippen LogP contribution in [0.2, 0.25) is 0 Å². The van der Waals surface area contributed by atoms with E-state index < -0.39 is 0 Å². The molecule has 0 unspecified atom stereocenters. The summed E-state index contributed by atoms with van der Waals surface area (Å²) in [6, 6.07) is 14.8. The third-order valence-electron chi connectivity index (χ3n) is 3.85. The van der Waals surface area contributed by atoms with Crippen molar-refractivity contribution in [1.82, 2.24) is 4.98 Å². The van der Waals surface area contributed by atoms with Gasteiger partial charge in [-0.1, -0.05) is 32.0 Å². The number of anilines is 1. The molecule has 1 amide bonds. The number of benzene rings is 2. The lowest BCUT2D eigenvalue weighted by Crippen LogP contribution is -2.12. The molecule has 0 radical (unpaired) electrons. The molecule has 3 aromatic rings. The Labute approximate surface area is 153 Å². The number of carbonyl (C=O) groups excluding carboxylic acids is 1. The van der Waals surface area contributed by atoms with Crippen molar-refractivity contribution in [3.8, 4) is 11.5 Å². The summed E-state index contributed by atoms with van der Waals surface area (Å²) in [6.45, 7) is 4.74. The van der Waals surface area contributed by atoms with Crippen LogP contribution < -0.4 is 14.8 Å². The fourth-order valence-electron chi connectivity index (χ4n) is 2.53. The van der Waals surface area contributed by atoms with Crippen LogP contribution in [-0.4, -0.2) is 24.6 Å². The average molecular weight is 350 g/mol. The van der Waals surface area contributed by atoms with E-state index in [1.54, 1.807) is 31.5 Å². The number of nitrogens with zero attached hydrogens (tertiary/aromatic N) is 1. The molecule has 134 valence electrons. The highest BCUT2D eigenvalue weighted by Crippen LogP contribution is 2.29. The van der Waals surface area contributed by atoms with E-state index >= 15 is 0 Å². The van der Waals surface area contributed by atoms with Gasteiger partial charge in [-0.15, -0.1) is 0 Å². The molecule has 1 N–H and O–H groups in total. The van der Waals surface area contributed by atoms with Gasteiger partial charge >= 0.3 is 0 Å². The monoisotopic (exact) mass is 350 g/mol. The zero-order valence-corrected chi connectivity index (χ0v) is 15.2. The van der Waals surface area contributed by atoms with Crippen LogP contribution in [0.5, 0.6) is 11.5 Å². The second kappa shape index (κ2) is 7.87. The summed E-state index contributed by atoms with van der Waals surface area (Å²) in [7, 11) is 1.56. The molecule has 5 nitrogen and oxygen atoms in total. The fraction of sp³-hybridized carbons (Fsp3) is 0.238. The van der Waals surface area contributed by atoms with Crippen LogP contribution in [0, 0.1) is 5.92 Å². The van der Waals surface area contributed by atoms with Gasteiger partial charge in [0.25, 0.3) is 5.91 Å². The lowest BCUT2D eigenvalue weighted by atomic mass is 10.1. The van der Waals surface area contributed by atoms with Gasteiger partial charge in [0, 0.05) is 10.9 Å². The Morgan fingerprint density at radius 1 is 1.12 bits per heavy atom. The van der Waals surface area contributed by atoms with E-state index in [0.29, 0.717) is 35.3 Å². The topological polar surface area (TPSA) is 60.5 Å². The Hall–Kier alpha value is -3.08. The third-order valence-corrected chi connectivity index (χ3v) is 3.85. The zero-order chi connectivity index (χ0) is 18.5. The number of rotatable bonds is 6. The van der Waals surface area contributed by atoms with Crippen LogP contribution >= 0.6 is 0 Å². The van der Waals surface area contributed by atoms with E-state index in [0.717, 1.165) is 10.9 Å². The van der Waals surface area contributed by atoms with Crippen molar-refractivity contribution in [3.05, 3.63) is 60.3 Å². The van der Waals surface area contributed by atoms with Crippen molar-refractivity contribution < 1.29 is 14.3 Å². The summed E-state index contributed by atoms with van der Waals surface area (Å²) in [5.41, 5.74) is 2.03. The van der Waals surface area contributed by atoms with Gasteiger partial charge in [0.2, 0.25) is 0 Å². The highest BCUT2D eigenvalue weighted by molar-refractivity contribution is 6.05. The number of ether oxygens (including phenoxy) is 2. The summed E-state index contributed by atoms with van der Waals surface area (Å²) in [5, 5.41) is 3.85. The van der Waals surface area contributed by atoms with Gasteiger partial charge in [-0.3, -0.25) is 9.78 Å². The number of amides is 1. The number of pyridine rings is 1. The largest absolute Gasteiger partial charge is 0.493 e. The van der Waals surface area contributed by atoms with Crippen LogP contribution in [0.25, 0.3) is 10.9 Å². The quantitative estimate of drug-likeness (QED) is 0.709. The van der Waals surface area contributed by atoms with Crippen molar-refractivity contribution in [1.29, 1.82) is 0 Å². The van der Waals surface area contributed by atoms with Crippen LogP contribution in [0.3, 0.4) is 0 Å². The number of para-hydroxylation sites is 1. The minimum Gasteiger partial charge on any atom is -0.493 e. The van der Waals surface area contributed by atoms with Crippen LogP contribution in [0.4, 0.5) is 5.69 Å². The van der Waals surface area contributed by atoms with E-state index in [2.05, 4.69) is 24.1 Å². The molecule has 0 saturated heterocycles. The second-order valence-electron chi connectivity index (χ2n) is 6.44. The minimum absolute atomic E-state index is 0.226. The minimum atomic E-state index is -0.226. The number of methoxy groups -OCH3 is 1. The van der Waals surface area contributed by atoms with Crippen LogP contribution in [0.15, 0.2) is 54.7 Å². The molecule has 1 heterocycles. The Balaban J connectivity index is 1.77. The van der Waals surface area contributed by atoms with E-state index in [4.69, 9.17) is 9.47 Å². The van der Waals surface area contributed by atoms with E-state index in [1.807, 2.05) is 30.3 Å². The number of fused-ring (bicyclic) bond motifs is 1. The maximum absolute atomic E-state index is 12.6. The van der Waals surface area contributed by atoms with Gasteiger partial charge in [0.1, 0.15) is 0 Å². The Bertz CT molecular complexity index is 922. The average Bonchev–Trinajstić information content (AvgIpc) is 2.66. The highest BCUT2D eigenvalue weighted by atomic mass is 16.5. The first kappa shape index (κ1) is 17.7. The summed E-state index contributed by atoms with van der Waals surface area (Å²) < 4.78 is 11.1. The van der Waals surface area contributed by atoms with Crippen LogP contribution in [-0.2, 0) is 0 Å². The maximum Gasteiger partial charge on any atom is 0.255 e. The molecule has 0 spiro atoms. The van der Waals surface area contributed by atoms with Crippen molar-refractivity contribution in [2.24, 2.45) is 5.92 Å². The summed E-state index contributed by atoms with van der Waals surface area (Å²) in [5.74, 6) is 1.35. The van der Waals surface area contributed by atoms with Crippen molar-refractivity contribution in [3.63, 3.8) is 0 Å². The summed E-state index contributed by atoms with van der Waals surface area (Å²) in [4.78, 5) is 16.9. The van der Waals surface area contributed by atoms with Gasteiger partial charge in [0.15, 0.2) is 11.5 Å². The van der Waals surface area contributed by atoms with Gasteiger partial charge < -0.3 is 14.8 Å². The van der Waals surface area contributed by atoms with Crippen molar-refractivity contribution >= 4 is 22.5 Å². The van der Waals surface area contributed by atoms with Crippen molar-refractivity contribution in [2.45, 2.75) is 13.8 Å². The number of aromatic nitrogens is 1. The third kappa shape index (κ3) is 4.11. The molecule has 0 atom stereocenters. The molecule has 26 heavy (non-hydrogen) atoms. The van der Waals surface area contributed by atoms with E-state index in [-0.39, 0.29) is 5.91 Å². The molecule has 0 saturated carbocycles. The first-order chi connectivity index (χ1) is 12.6. The number of hydrogen-bond donors (Lipinski definition) is 1. The Morgan fingerprint density at radius 3 is 2.69 bits per heavy atom. The van der Waals surface area contributed by atoms with Gasteiger partial charge in [0.05, 0.1) is 31.1 Å². The van der Waals surface area contributed by atoms with Crippen LogP contribution in [0.1, 0.15) is 24.2 Å². The molecule has 1 aromatic heterocycles. The standard InChI is InChI=1S/C21H22N2O3/c1-14(2)13-26-19-9-8-16(11-20(19)25-3)21(24)23-17-10-15-6-4-5-7-18(15)22-12-17/h4-12,14H,13H2,1-3H3,(H,23,24). The first-order valence-corrected chi connectivity index (χ1v) is 8.54. The molecule has 5 heteroatoms. The second-order valence-corrected chi connectivity index (χ2v) is 6.44. The number of hydrogen-bond acceptors (Lipinski definition) is 4. The van der Waals surface area contributed by atoms with Crippen molar-refractivity contribution in [2.75, 3.05) is 19.0 Å². The SMILES string of the molecule is COc1cc(C(=O)Nc2cnc3ccccc3c2)ccc1OCC(C)C. The number of carbonyl (C=O) groups is 1. The zero-order valence-electron chi connectivity index (χ0n) is 15.2. The molecular weight excluding hydrogens is 328 g/mol. The fourth-order valence-corrected chi connectivity index (χ4v) is 2.53. The van der Waals surface area contributed by atoms with E-state index in [9.17, 15) is 4.79 Å². The van der Waals surface area contributed by atoms with Gasteiger partial charge in [-0.25, -0.2) is 0 Å². The molecular formula is C21H22N2O3. The summed E-state index contributed by atoms with van der Waals surface area (Å²) in [6.07, 6.45) is 1.65. The lowest BCUT2D eigenvalue weighted by molar-refractivity contribution is 0.102. The Kier molecular flexibility index (Phi) is 5.37. The first-order valence-electron chi connectivity index (χ1n) is 8.54. The normalized spacial score (nSPS) is 10.8. The highest BCUT2D eigenvalue weighted by Gasteiger charge is 2.12. The summed E-state index contributed by atoms with van der Waals surface area (Å²) >= 11 is 0. The molecule has 3 rings (SSSR count). The molecule has 0 aliphatic rings. The molecule has 0 aliphatic carbocycles. The van der Waals surface area contributed by atoms with Gasteiger partial charge in [-0.05, 0) is 36.2 Å². The molecule has 0 aliphatic heterocycles. The lowest BCUT2D eigenvalue weighted by Gasteiger charge is -2.13. The molecule has 2 aromatic carbocycles. The predicted octanol–water partition coefficient (Wildman–Crippen LogP) is 4.53. The molecule has 0 bridgehead atoms. The Morgan fingerprint density at radius 2 is 1.92 bits per heavy atom. The van der Waals surface area contributed by atoms with E-state index in [1.165, 1.54) is 0 Å². The maximum atomic E-state index is 12.6. The molecule has 0 fully saturated rings. The van der Waals surface area contributed by atoms with Gasteiger partial charge in [-0.2, -0.15) is 0 Å². The predicted molar refractivity (Wildman–Crippen MR) is 103 cm³/mol. The number of nitrogens with one attached hydrogen (secondary N) is 1. The smallest absolute Gasteiger partial charge is 0.255 e.